The molecule has 0 radical (unpaired) electrons. The number of aromatic nitrogens is 2. The second-order valence-electron chi connectivity index (χ2n) is 7.49. The molecule has 1 fully saturated rings. The van der Waals surface area contributed by atoms with Crippen LogP contribution >= 0.6 is 0 Å². The van der Waals surface area contributed by atoms with Crippen LogP contribution in [0.1, 0.15) is 44.9 Å². The predicted octanol–water partition coefficient (Wildman–Crippen LogP) is 2.56. The molecule has 0 bridgehead atoms. The summed E-state index contributed by atoms with van der Waals surface area (Å²) in [6, 6.07) is 7.98. The van der Waals surface area contributed by atoms with E-state index in [9.17, 15) is 9.59 Å². The zero-order valence-electron chi connectivity index (χ0n) is 16.2. The Bertz CT molecular complexity index is 811. The van der Waals surface area contributed by atoms with Crippen LogP contribution in [0.5, 0.6) is 0 Å². The number of amides is 1. The van der Waals surface area contributed by atoms with Gasteiger partial charge in [0.2, 0.25) is 5.91 Å². The molecule has 3 rings (SSSR count). The van der Waals surface area contributed by atoms with Crippen molar-refractivity contribution in [3.8, 4) is 0 Å². The number of aryl methyl sites for hydroxylation is 1. The minimum absolute atomic E-state index is 0.0182. The lowest BCUT2D eigenvalue weighted by molar-refractivity contribution is -0.121. The molecule has 6 nitrogen and oxygen atoms in total. The number of fused-ring (bicyclic) bond motifs is 1. The number of benzene rings is 1. The first-order valence-electron chi connectivity index (χ1n) is 10.1. The van der Waals surface area contributed by atoms with Gasteiger partial charge in [-0.25, -0.2) is 4.98 Å². The Morgan fingerprint density at radius 1 is 1.26 bits per heavy atom. The SMILES string of the molecule is CN(CCCNC(=O)CCn1cnc2ccccc2c1=O)C1CCCCC1. The van der Waals surface area contributed by atoms with Gasteiger partial charge in [-0.05, 0) is 45.0 Å². The van der Waals surface area contributed by atoms with Crippen LogP contribution in [0.3, 0.4) is 0 Å². The highest BCUT2D eigenvalue weighted by Gasteiger charge is 2.17. The zero-order chi connectivity index (χ0) is 19.1. The summed E-state index contributed by atoms with van der Waals surface area (Å²) < 4.78 is 1.51. The topological polar surface area (TPSA) is 67.2 Å². The van der Waals surface area contributed by atoms with E-state index in [1.54, 1.807) is 6.07 Å². The highest BCUT2D eigenvalue weighted by atomic mass is 16.1. The van der Waals surface area contributed by atoms with Gasteiger partial charge in [-0.3, -0.25) is 14.2 Å². The number of carbonyl (C=O) groups excluding carboxylic acids is 1. The Hall–Kier alpha value is -2.21. The normalized spacial score (nSPS) is 15.3. The fourth-order valence-electron chi connectivity index (χ4n) is 3.84. The van der Waals surface area contributed by atoms with Crippen molar-refractivity contribution in [3.05, 3.63) is 40.9 Å². The Morgan fingerprint density at radius 3 is 2.85 bits per heavy atom. The number of nitrogens with one attached hydrogen (secondary N) is 1. The first kappa shape index (κ1) is 19.5. The number of carbonyl (C=O) groups is 1. The van der Waals surface area contributed by atoms with Gasteiger partial charge in [-0.1, -0.05) is 31.4 Å². The first-order valence-corrected chi connectivity index (χ1v) is 10.1. The molecule has 146 valence electrons. The molecule has 1 aliphatic carbocycles. The zero-order valence-corrected chi connectivity index (χ0v) is 16.2. The summed E-state index contributed by atoms with van der Waals surface area (Å²) in [4.78, 5) is 31.2. The van der Waals surface area contributed by atoms with E-state index in [1.165, 1.54) is 43.0 Å². The van der Waals surface area contributed by atoms with Crippen molar-refractivity contribution in [1.82, 2.24) is 19.8 Å². The molecule has 0 spiro atoms. The van der Waals surface area contributed by atoms with Gasteiger partial charge in [0, 0.05) is 25.6 Å². The van der Waals surface area contributed by atoms with Crippen molar-refractivity contribution in [2.24, 2.45) is 0 Å². The van der Waals surface area contributed by atoms with Crippen molar-refractivity contribution in [2.75, 3.05) is 20.1 Å². The number of hydrogen-bond donors (Lipinski definition) is 1. The smallest absolute Gasteiger partial charge is 0.261 e. The van der Waals surface area contributed by atoms with Crippen LogP contribution in [-0.4, -0.2) is 46.5 Å². The van der Waals surface area contributed by atoms with Crippen molar-refractivity contribution >= 4 is 16.8 Å². The van der Waals surface area contributed by atoms with Gasteiger partial charge in [0.05, 0.1) is 17.2 Å². The lowest BCUT2D eigenvalue weighted by Gasteiger charge is -2.31. The quantitative estimate of drug-likeness (QED) is 0.725. The van der Waals surface area contributed by atoms with Crippen LogP contribution in [0, 0.1) is 0 Å². The minimum Gasteiger partial charge on any atom is -0.356 e. The Kier molecular flexibility index (Phi) is 6.98. The molecular formula is C21H30N4O2. The van der Waals surface area contributed by atoms with E-state index in [0.29, 0.717) is 36.5 Å². The molecule has 1 aromatic carbocycles. The fraction of sp³-hybridized carbons (Fsp3) is 0.571. The monoisotopic (exact) mass is 370 g/mol. The van der Waals surface area contributed by atoms with E-state index in [1.807, 2.05) is 18.2 Å². The summed E-state index contributed by atoms with van der Waals surface area (Å²) in [7, 11) is 2.19. The molecule has 1 saturated carbocycles. The third-order valence-corrected chi connectivity index (χ3v) is 5.52. The van der Waals surface area contributed by atoms with Crippen LogP contribution < -0.4 is 10.9 Å². The molecule has 27 heavy (non-hydrogen) atoms. The average molecular weight is 370 g/mol. The summed E-state index contributed by atoms with van der Waals surface area (Å²) in [6.07, 6.45) is 9.43. The van der Waals surface area contributed by atoms with E-state index in [-0.39, 0.29) is 11.5 Å². The maximum absolute atomic E-state index is 12.4. The molecule has 1 N–H and O–H groups in total. The van der Waals surface area contributed by atoms with E-state index in [2.05, 4.69) is 22.2 Å². The summed E-state index contributed by atoms with van der Waals surface area (Å²) in [5.74, 6) is -0.0182. The molecule has 2 aromatic rings. The summed E-state index contributed by atoms with van der Waals surface area (Å²) in [5.41, 5.74) is 0.591. The second-order valence-corrected chi connectivity index (χ2v) is 7.49. The van der Waals surface area contributed by atoms with Crippen LogP contribution in [0.15, 0.2) is 35.4 Å². The van der Waals surface area contributed by atoms with Crippen LogP contribution in [0.2, 0.25) is 0 Å². The van der Waals surface area contributed by atoms with Crippen molar-refractivity contribution < 1.29 is 4.79 Å². The van der Waals surface area contributed by atoms with Gasteiger partial charge in [-0.15, -0.1) is 0 Å². The van der Waals surface area contributed by atoms with Gasteiger partial charge in [0.15, 0.2) is 0 Å². The van der Waals surface area contributed by atoms with Crippen molar-refractivity contribution in [2.45, 2.75) is 57.5 Å². The molecule has 1 heterocycles. The summed E-state index contributed by atoms with van der Waals surface area (Å²) in [5, 5.41) is 3.56. The molecule has 1 amide bonds. The number of hydrogen-bond acceptors (Lipinski definition) is 4. The molecule has 0 unspecified atom stereocenters. The maximum Gasteiger partial charge on any atom is 0.261 e. The highest BCUT2D eigenvalue weighted by molar-refractivity contribution is 5.77. The van der Waals surface area contributed by atoms with E-state index in [0.717, 1.165) is 13.0 Å². The van der Waals surface area contributed by atoms with Gasteiger partial charge >= 0.3 is 0 Å². The molecule has 0 saturated heterocycles. The Morgan fingerprint density at radius 2 is 2.04 bits per heavy atom. The lowest BCUT2D eigenvalue weighted by Crippen LogP contribution is -2.36. The summed E-state index contributed by atoms with van der Waals surface area (Å²) in [6.45, 7) is 2.05. The van der Waals surface area contributed by atoms with Crippen LogP contribution in [0.25, 0.3) is 10.9 Å². The Balaban J connectivity index is 1.38. The van der Waals surface area contributed by atoms with Crippen molar-refractivity contribution in [3.63, 3.8) is 0 Å². The number of rotatable bonds is 8. The van der Waals surface area contributed by atoms with Gasteiger partial charge < -0.3 is 10.2 Å². The standard InChI is InChI=1S/C21H30N4O2/c1-24(17-8-3-2-4-9-17)14-7-13-22-20(26)12-15-25-16-23-19-11-6-5-10-18(19)21(25)27/h5-6,10-11,16-17H,2-4,7-9,12-15H2,1H3,(H,22,26). The van der Waals surface area contributed by atoms with E-state index in [4.69, 9.17) is 0 Å². The van der Waals surface area contributed by atoms with Crippen LogP contribution in [0.4, 0.5) is 0 Å². The highest BCUT2D eigenvalue weighted by Crippen LogP contribution is 2.21. The molecule has 1 aliphatic rings. The Labute approximate surface area is 160 Å². The number of nitrogens with zero attached hydrogens (tertiary/aromatic N) is 3. The lowest BCUT2D eigenvalue weighted by atomic mass is 9.94. The molecule has 0 atom stereocenters. The third kappa shape index (κ3) is 5.39. The largest absolute Gasteiger partial charge is 0.356 e. The first-order chi connectivity index (χ1) is 13.1. The third-order valence-electron chi connectivity index (χ3n) is 5.52. The minimum atomic E-state index is -0.0949. The molecular weight excluding hydrogens is 340 g/mol. The number of para-hydroxylation sites is 1. The van der Waals surface area contributed by atoms with E-state index < -0.39 is 0 Å². The summed E-state index contributed by atoms with van der Waals surface area (Å²) >= 11 is 0. The second kappa shape index (κ2) is 9.65. The fourth-order valence-corrected chi connectivity index (χ4v) is 3.84. The van der Waals surface area contributed by atoms with Gasteiger partial charge in [0.1, 0.15) is 0 Å². The van der Waals surface area contributed by atoms with Crippen LogP contribution in [-0.2, 0) is 11.3 Å². The van der Waals surface area contributed by atoms with Crippen molar-refractivity contribution in [1.29, 1.82) is 0 Å². The average Bonchev–Trinajstić information content (AvgIpc) is 2.71. The molecule has 6 heteroatoms. The van der Waals surface area contributed by atoms with Gasteiger partial charge in [-0.2, -0.15) is 0 Å². The van der Waals surface area contributed by atoms with Gasteiger partial charge in [0.25, 0.3) is 5.56 Å². The van der Waals surface area contributed by atoms with E-state index >= 15 is 0 Å². The maximum atomic E-state index is 12.4. The predicted molar refractivity (Wildman–Crippen MR) is 108 cm³/mol. The molecule has 1 aromatic heterocycles. The molecule has 0 aliphatic heterocycles.